The summed E-state index contributed by atoms with van der Waals surface area (Å²) in [6, 6.07) is 12.4. The number of hydroxylamine groups is 1. The van der Waals surface area contributed by atoms with E-state index in [4.69, 9.17) is 5.21 Å². The van der Waals surface area contributed by atoms with Crippen LogP contribution >= 0.6 is 0 Å². The zero-order valence-corrected chi connectivity index (χ0v) is 16.5. The number of hydrogen-bond acceptors (Lipinski definition) is 4. The van der Waals surface area contributed by atoms with Crippen molar-refractivity contribution in [2.24, 2.45) is 0 Å². The number of halogens is 3. The minimum atomic E-state index is -4.55. The fourth-order valence-electron chi connectivity index (χ4n) is 3.30. The van der Waals surface area contributed by atoms with Crippen LogP contribution < -0.4 is 5.48 Å². The van der Waals surface area contributed by atoms with Gasteiger partial charge in [0.1, 0.15) is 5.75 Å². The van der Waals surface area contributed by atoms with Crippen LogP contribution in [-0.2, 0) is 21.0 Å². The molecule has 0 saturated carbocycles. The number of nitrogens with one attached hydrogen (secondary N) is 1. The summed E-state index contributed by atoms with van der Waals surface area (Å²) in [6.07, 6.45) is -2.82. The summed E-state index contributed by atoms with van der Waals surface area (Å²) in [5.74, 6) is -1.97. The molecule has 0 saturated heterocycles. The molecule has 30 heavy (non-hydrogen) atoms. The lowest BCUT2D eigenvalue weighted by Gasteiger charge is -2.26. The quantitative estimate of drug-likeness (QED) is 0.552. The number of rotatable bonds is 5. The molecule has 0 spiro atoms. The van der Waals surface area contributed by atoms with Crippen LogP contribution in [0.3, 0.4) is 0 Å². The first-order valence-electron chi connectivity index (χ1n) is 8.98. The normalized spacial score (nSPS) is 15.5. The molecule has 2 aromatic carbocycles. The molecular weight excluding hydrogens is 421 g/mol. The summed E-state index contributed by atoms with van der Waals surface area (Å²) in [7, 11) is -3.94. The molecule has 0 fully saturated rings. The highest BCUT2D eigenvalue weighted by Crippen LogP contribution is 2.39. The second-order valence-corrected chi connectivity index (χ2v) is 8.72. The first-order valence-corrected chi connectivity index (χ1v) is 10.6. The Morgan fingerprint density at radius 1 is 1.10 bits per heavy atom. The van der Waals surface area contributed by atoms with E-state index in [9.17, 15) is 26.4 Å². The molecule has 0 aliphatic carbocycles. The Bertz CT molecular complexity index is 1070. The topological polar surface area (TPSA) is 86.7 Å². The summed E-state index contributed by atoms with van der Waals surface area (Å²) in [5.41, 5.74) is 1.99. The molecule has 0 aromatic heterocycles. The molecular formula is C20H19F3N2O4S. The molecule has 0 radical (unpaired) electrons. The Morgan fingerprint density at radius 2 is 1.80 bits per heavy atom. The first kappa shape index (κ1) is 22.0. The van der Waals surface area contributed by atoms with E-state index in [0.29, 0.717) is 16.7 Å². The van der Waals surface area contributed by atoms with Crippen LogP contribution in [0.1, 0.15) is 17.5 Å². The molecule has 6 nitrogen and oxygen atoms in total. The smallest absolute Gasteiger partial charge is 0.289 e. The molecule has 1 aliphatic rings. The molecule has 2 aromatic rings. The third-order valence-electron chi connectivity index (χ3n) is 4.78. The summed E-state index contributed by atoms with van der Waals surface area (Å²) < 4.78 is 66.4. The average Bonchev–Trinajstić information content (AvgIpc) is 2.73. The standard InChI is InChI=1S/C20H19F3N2O4S/c21-20(22,23)18-12-16(6-7-17(18)15-4-2-1-3-5-15)14-8-10-25(11-9-14)30(28,29)13-19(26)24-27/h1-8,12,27H,9-11,13H2,(H,24,26). The summed E-state index contributed by atoms with van der Waals surface area (Å²) in [6.45, 7) is -0.0488. The van der Waals surface area contributed by atoms with Crippen molar-refractivity contribution in [3.8, 4) is 11.1 Å². The predicted molar refractivity (Wildman–Crippen MR) is 105 cm³/mol. The Kier molecular flexibility index (Phi) is 6.30. The molecule has 0 atom stereocenters. The minimum absolute atomic E-state index is 0.0225. The van der Waals surface area contributed by atoms with Crippen molar-refractivity contribution >= 4 is 21.5 Å². The van der Waals surface area contributed by atoms with Gasteiger partial charge in [0.05, 0.1) is 5.56 Å². The van der Waals surface area contributed by atoms with Crippen LogP contribution in [0.5, 0.6) is 0 Å². The minimum Gasteiger partial charge on any atom is -0.289 e. The number of carbonyl (C=O) groups excluding carboxylic acids is 1. The number of alkyl halides is 3. The van der Waals surface area contributed by atoms with Crippen LogP contribution in [-0.4, -0.2) is 42.7 Å². The van der Waals surface area contributed by atoms with E-state index in [0.717, 1.165) is 10.4 Å². The number of amides is 1. The Labute approximate surface area is 171 Å². The Balaban J connectivity index is 1.89. The van der Waals surface area contributed by atoms with E-state index in [1.54, 1.807) is 36.4 Å². The van der Waals surface area contributed by atoms with Gasteiger partial charge in [0.25, 0.3) is 5.91 Å². The van der Waals surface area contributed by atoms with Gasteiger partial charge in [0.15, 0.2) is 0 Å². The molecule has 1 amide bonds. The summed E-state index contributed by atoms with van der Waals surface area (Å²) in [5, 5.41) is 8.50. The third-order valence-corrected chi connectivity index (χ3v) is 6.53. The van der Waals surface area contributed by atoms with E-state index in [1.165, 1.54) is 17.6 Å². The van der Waals surface area contributed by atoms with Crippen molar-refractivity contribution in [3.05, 3.63) is 65.7 Å². The van der Waals surface area contributed by atoms with Gasteiger partial charge in [-0.2, -0.15) is 17.5 Å². The monoisotopic (exact) mass is 440 g/mol. The largest absolute Gasteiger partial charge is 0.417 e. The molecule has 0 bridgehead atoms. The van der Waals surface area contributed by atoms with Crippen molar-refractivity contribution in [3.63, 3.8) is 0 Å². The first-order chi connectivity index (χ1) is 14.1. The van der Waals surface area contributed by atoms with Crippen LogP contribution in [0.4, 0.5) is 13.2 Å². The van der Waals surface area contributed by atoms with Crippen molar-refractivity contribution in [2.45, 2.75) is 12.6 Å². The van der Waals surface area contributed by atoms with Gasteiger partial charge in [-0.3, -0.25) is 10.0 Å². The summed E-state index contributed by atoms with van der Waals surface area (Å²) in [4.78, 5) is 11.1. The molecule has 0 unspecified atom stereocenters. The van der Waals surface area contributed by atoms with Gasteiger partial charge < -0.3 is 0 Å². The fourth-order valence-corrected chi connectivity index (χ4v) is 4.55. The SMILES string of the molecule is O=C(CS(=O)(=O)N1CC=C(c2ccc(-c3ccccc3)c(C(F)(F)F)c2)CC1)NO. The number of carbonyl (C=O) groups is 1. The van der Waals surface area contributed by atoms with Crippen LogP contribution in [0.15, 0.2) is 54.6 Å². The highest BCUT2D eigenvalue weighted by molar-refractivity contribution is 7.89. The van der Waals surface area contributed by atoms with E-state index in [1.807, 2.05) is 0 Å². The van der Waals surface area contributed by atoms with E-state index in [-0.39, 0.29) is 25.1 Å². The van der Waals surface area contributed by atoms with Gasteiger partial charge in [-0.25, -0.2) is 13.9 Å². The maximum Gasteiger partial charge on any atom is 0.417 e. The number of benzene rings is 2. The third kappa shape index (κ3) is 4.89. The van der Waals surface area contributed by atoms with Crippen molar-refractivity contribution in [1.82, 2.24) is 9.79 Å². The lowest BCUT2D eigenvalue weighted by molar-refractivity contribution is -0.137. The van der Waals surface area contributed by atoms with Crippen molar-refractivity contribution in [2.75, 3.05) is 18.8 Å². The van der Waals surface area contributed by atoms with Crippen molar-refractivity contribution in [1.29, 1.82) is 0 Å². The zero-order chi connectivity index (χ0) is 21.9. The van der Waals surface area contributed by atoms with Crippen LogP contribution in [0, 0.1) is 0 Å². The molecule has 1 heterocycles. The van der Waals surface area contributed by atoms with E-state index < -0.39 is 33.4 Å². The predicted octanol–water partition coefficient (Wildman–Crippen LogP) is 3.30. The molecule has 2 N–H and O–H groups in total. The molecule has 1 aliphatic heterocycles. The van der Waals surface area contributed by atoms with Gasteiger partial charge in [0, 0.05) is 13.1 Å². The second-order valence-electron chi connectivity index (χ2n) is 6.75. The second kappa shape index (κ2) is 8.58. The number of sulfonamides is 1. The highest BCUT2D eigenvalue weighted by Gasteiger charge is 2.34. The van der Waals surface area contributed by atoms with E-state index in [2.05, 4.69) is 0 Å². The zero-order valence-electron chi connectivity index (χ0n) is 15.7. The lowest BCUT2D eigenvalue weighted by atomic mass is 9.92. The highest BCUT2D eigenvalue weighted by atomic mass is 32.2. The average molecular weight is 440 g/mol. The number of nitrogens with zero attached hydrogens (tertiary/aromatic N) is 1. The van der Waals surface area contributed by atoms with Gasteiger partial charge in [-0.15, -0.1) is 0 Å². The van der Waals surface area contributed by atoms with E-state index >= 15 is 0 Å². The number of hydrogen-bond donors (Lipinski definition) is 2. The van der Waals surface area contributed by atoms with Crippen LogP contribution in [0.25, 0.3) is 16.7 Å². The van der Waals surface area contributed by atoms with Crippen LogP contribution in [0.2, 0.25) is 0 Å². The lowest BCUT2D eigenvalue weighted by Crippen LogP contribution is -2.40. The molecule has 10 heteroatoms. The van der Waals surface area contributed by atoms with Gasteiger partial charge >= 0.3 is 6.18 Å². The van der Waals surface area contributed by atoms with Gasteiger partial charge in [-0.1, -0.05) is 48.5 Å². The van der Waals surface area contributed by atoms with Gasteiger partial charge in [-0.05, 0) is 34.8 Å². The van der Waals surface area contributed by atoms with Crippen molar-refractivity contribution < 1.29 is 31.6 Å². The fraction of sp³-hybridized carbons (Fsp3) is 0.250. The molecule has 160 valence electrons. The maximum absolute atomic E-state index is 13.7. The summed E-state index contributed by atoms with van der Waals surface area (Å²) >= 11 is 0. The maximum atomic E-state index is 13.7. The van der Waals surface area contributed by atoms with Gasteiger partial charge in [0.2, 0.25) is 10.0 Å². The Morgan fingerprint density at radius 3 is 2.37 bits per heavy atom. The molecule has 3 rings (SSSR count). The Hall–Kier alpha value is -2.69.